The molecule has 3 aromatic rings. The Morgan fingerprint density at radius 1 is 0.905 bits per heavy atom. The number of anilines is 1. The van der Waals surface area contributed by atoms with Crippen molar-refractivity contribution in [3.05, 3.63) is 76.3 Å². The van der Waals surface area contributed by atoms with E-state index in [0.29, 0.717) is 0 Å². The second-order valence-corrected chi connectivity index (χ2v) is 6.35. The van der Waals surface area contributed by atoms with Crippen molar-refractivity contribution in [2.45, 2.75) is 19.9 Å². The van der Waals surface area contributed by atoms with Crippen molar-refractivity contribution in [3.63, 3.8) is 0 Å². The van der Waals surface area contributed by atoms with E-state index in [1.807, 2.05) is 0 Å². The van der Waals surface area contributed by atoms with Crippen LogP contribution in [0.5, 0.6) is 0 Å². The minimum Gasteiger partial charge on any atom is -0.378 e. The number of halogens is 1. The molecule has 0 bridgehead atoms. The lowest BCUT2D eigenvalue weighted by molar-refractivity contribution is 0.884. The van der Waals surface area contributed by atoms with Gasteiger partial charge in [0.05, 0.1) is 0 Å². The van der Waals surface area contributed by atoms with Crippen molar-refractivity contribution in [2.24, 2.45) is 0 Å². The van der Waals surface area contributed by atoms with E-state index in [1.165, 1.54) is 27.6 Å². The molecule has 0 radical (unpaired) electrons. The summed E-state index contributed by atoms with van der Waals surface area (Å²) in [7, 11) is 0. The van der Waals surface area contributed by atoms with Gasteiger partial charge in [-0.1, -0.05) is 52.3 Å². The van der Waals surface area contributed by atoms with Crippen molar-refractivity contribution < 1.29 is 0 Å². The fourth-order valence-electron chi connectivity index (χ4n) is 2.58. The monoisotopic (exact) mass is 339 g/mol. The van der Waals surface area contributed by atoms with Gasteiger partial charge in [-0.25, -0.2) is 0 Å². The third-order valence-electron chi connectivity index (χ3n) is 3.83. The maximum Gasteiger partial charge on any atom is 0.0485 e. The zero-order chi connectivity index (χ0) is 14.8. The molecular formula is C19H18BrN. The summed E-state index contributed by atoms with van der Waals surface area (Å²) in [6, 6.07) is 21.7. The number of nitrogens with one attached hydrogen (secondary N) is 1. The molecule has 0 spiro atoms. The first-order chi connectivity index (χ1) is 10.1. The maximum absolute atomic E-state index is 3.60. The van der Waals surface area contributed by atoms with Gasteiger partial charge in [0.15, 0.2) is 0 Å². The van der Waals surface area contributed by atoms with E-state index in [2.05, 4.69) is 95.8 Å². The maximum atomic E-state index is 3.60. The second kappa shape index (κ2) is 5.90. The van der Waals surface area contributed by atoms with Crippen LogP contribution in [0.15, 0.2) is 65.1 Å². The number of rotatable bonds is 3. The van der Waals surface area contributed by atoms with Gasteiger partial charge in [0.2, 0.25) is 0 Å². The molecule has 2 heteroatoms. The van der Waals surface area contributed by atoms with Crippen molar-refractivity contribution in [2.75, 3.05) is 5.32 Å². The smallest absolute Gasteiger partial charge is 0.0485 e. The SMILES string of the molecule is Cc1cc(Br)ccc1NC(C)c1ccc2ccccc2c1. The number of fused-ring (bicyclic) bond motifs is 1. The summed E-state index contributed by atoms with van der Waals surface area (Å²) in [5, 5.41) is 6.17. The molecule has 21 heavy (non-hydrogen) atoms. The highest BCUT2D eigenvalue weighted by molar-refractivity contribution is 9.10. The van der Waals surface area contributed by atoms with Crippen LogP contribution in [0, 0.1) is 6.92 Å². The molecule has 1 nitrogen and oxygen atoms in total. The molecule has 0 saturated carbocycles. The highest BCUT2D eigenvalue weighted by Crippen LogP contribution is 2.26. The Balaban J connectivity index is 1.87. The third-order valence-corrected chi connectivity index (χ3v) is 4.33. The molecule has 3 rings (SSSR count). The van der Waals surface area contributed by atoms with Crippen LogP contribution in [0.4, 0.5) is 5.69 Å². The highest BCUT2D eigenvalue weighted by atomic mass is 79.9. The van der Waals surface area contributed by atoms with Gasteiger partial charge in [-0.15, -0.1) is 0 Å². The van der Waals surface area contributed by atoms with Crippen molar-refractivity contribution in [3.8, 4) is 0 Å². The van der Waals surface area contributed by atoms with Crippen LogP contribution in [0.3, 0.4) is 0 Å². The first-order valence-electron chi connectivity index (χ1n) is 7.15. The molecule has 0 amide bonds. The standard InChI is InChI=1S/C19H18BrN/c1-13-11-18(20)9-10-19(13)21-14(2)16-8-7-15-5-3-4-6-17(15)12-16/h3-12,14,21H,1-2H3. The Hall–Kier alpha value is -1.80. The normalized spacial score (nSPS) is 12.3. The largest absolute Gasteiger partial charge is 0.378 e. The summed E-state index contributed by atoms with van der Waals surface area (Å²) in [5.41, 5.74) is 3.73. The van der Waals surface area contributed by atoms with E-state index in [9.17, 15) is 0 Å². The number of aryl methyl sites for hydroxylation is 1. The van der Waals surface area contributed by atoms with Gasteiger partial charge in [-0.05, 0) is 60.0 Å². The van der Waals surface area contributed by atoms with E-state index < -0.39 is 0 Å². The van der Waals surface area contributed by atoms with Crippen LogP contribution in [-0.2, 0) is 0 Å². The second-order valence-electron chi connectivity index (χ2n) is 5.43. The fourth-order valence-corrected chi connectivity index (χ4v) is 3.06. The molecule has 0 saturated heterocycles. The molecule has 0 aliphatic carbocycles. The van der Waals surface area contributed by atoms with Crippen molar-refractivity contribution >= 4 is 32.4 Å². The van der Waals surface area contributed by atoms with Gasteiger partial charge in [-0.3, -0.25) is 0 Å². The first-order valence-corrected chi connectivity index (χ1v) is 7.94. The summed E-state index contributed by atoms with van der Waals surface area (Å²) >= 11 is 3.51. The molecule has 1 atom stereocenters. The summed E-state index contributed by atoms with van der Waals surface area (Å²) in [6.45, 7) is 4.33. The van der Waals surface area contributed by atoms with E-state index in [4.69, 9.17) is 0 Å². The minimum atomic E-state index is 0.273. The summed E-state index contributed by atoms with van der Waals surface area (Å²) in [4.78, 5) is 0. The van der Waals surface area contributed by atoms with E-state index in [1.54, 1.807) is 0 Å². The summed E-state index contributed by atoms with van der Waals surface area (Å²) in [6.07, 6.45) is 0. The quantitative estimate of drug-likeness (QED) is 0.609. The molecule has 0 aliphatic rings. The molecule has 106 valence electrons. The molecule has 0 aliphatic heterocycles. The zero-order valence-corrected chi connectivity index (χ0v) is 13.8. The molecule has 1 unspecified atom stereocenters. The van der Waals surface area contributed by atoms with Gasteiger partial charge in [0.25, 0.3) is 0 Å². The van der Waals surface area contributed by atoms with E-state index in [0.717, 1.165) is 4.47 Å². The third kappa shape index (κ3) is 3.11. The highest BCUT2D eigenvalue weighted by Gasteiger charge is 2.08. The van der Waals surface area contributed by atoms with Gasteiger partial charge in [0, 0.05) is 16.2 Å². The van der Waals surface area contributed by atoms with Gasteiger partial charge < -0.3 is 5.32 Å². The van der Waals surface area contributed by atoms with Crippen LogP contribution < -0.4 is 5.32 Å². The summed E-state index contributed by atoms with van der Waals surface area (Å²) in [5.74, 6) is 0. The van der Waals surface area contributed by atoms with Crippen molar-refractivity contribution in [1.29, 1.82) is 0 Å². The lowest BCUT2D eigenvalue weighted by atomic mass is 10.0. The molecule has 3 aromatic carbocycles. The Labute approximate surface area is 134 Å². The lowest BCUT2D eigenvalue weighted by Gasteiger charge is -2.18. The molecule has 0 heterocycles. The number of hydrogen-bond acceptors (Lipinski definition) is 1. The van der Waals surface area contributed by atoms with E-state index >= 15 is 0 Å². The lowest BCUT2D eigenvalue weighted by Crippen LogP contribution is -2.07. The Morgan fingerprint density at radius 3 is 2.43 bits per heavy atom. The molecule has 1 N–H and O–H groups in total. The predicted molar refractivity (Wildman–Crippen MR) is 94.9 cm³/mol. The predicted octanol–water partition coefficient (Wildman–Crippen LogP) is 6.08. The Morgan fingerprint density at radius 2 is 1.67 bits per heavy atom. The van der Waals surface area contributed by atoms with Crippen LogP contribution >= 0.6 is 15.9 Å². The van der Waals surface area contributed by atoms with Gasteiger partial charge >= 0.3 is 0 Å². The first kappa shape index (κ1) is 14.2. The van der Waals surface area contributed by atoms with Gasteiger partial charge in [0.1, 0.15) is 0 Å². The van der Waals surface area contributed by atoms with Crippen LogP contribution in [-0.4, -0.2) is 0 Å². The average Bonchev–Trinajstić information content (AvgIpc) is 2.49. The molecule has 0 aromatic heterocycles. The van der Waals surface area contributed by atoms with Crippen LogP contribution in [0.2, 0.25) is 0 Å². The van der Waals surface area contributed by atoms with Crippen LogP contribution in [0.25, 0.3) is 10.8 Å². The topological polar surface area (TPSA) is 12.0 Å². The molecular weight excluding hydrogens is 322 g/mol. The Bertz CT molecular complexity index is 779. The number of benzene rings is 3. The van der Waals surface area contributed by atoms with Crippen molar-refractivity contribution in [1.82, 2.24) is 0 Å². The summed E-state index contributed by atoms with van der Waals surface area (Å²) < 4.78 is 1.11. The van der Waals surface area contributed by atoms with Gasteiger partial charge in [-0.2, -0.15) is 0 Å². The average molecular weight is 340 g/mol. The minimum absolute atomic E-state index is 0.273. The Kier molecular flexibility index (Phi) is 3.98. The van der Waals surface area contributed by atoms with Crippen LogP contribution in [0.1, 0.15) is 24.1 Å². The van der Waals surface area contributed by atoms with E-state index in [-0.39, 0.29) is 6.04 Å². The fraction of sp³-hybridized carbons (Fsp3) is 0.158. The zero-order valence-electron chi connectivity index (χ0n) is 12.2. The number of hydrogen-bond donors (Lipinski definition) is 1. The molecule has 0 fully saturated rings.